The van der Waals surface area contributed by atoms with Gasteiger partial charge in [0.2, 0.25) is 23.6 Å². The van der Waals surface area contributed by atoms with Crippen molar-refractivity contribution in [3.8, 4) is 0 Å². The maximum absolute atomic E-state index is 13.6. The standard InChI is InChI=1S/C29H39N3O4/c1-3-25(27(34)30-22-9-5-4-6-10-22)32(19-21-15-13-20(2)14-16-21)26(33)17-18-31-28(35)23-11-7-8-12-24(23)29(31)36/h7-8,13-16,22-25H,3-6,9-12,17-19H2,1-2H3,(H,30,34)/t23-,24+,25-/m0/s1. The Labute approximate surface area is 214 Å². The smallest absolute Gasteiger partial charge is 0.243 e. The monoisotopic (exact) mass is 493 g/mol. The zero-order valence-electron chi connectivity index (χ0n) is 21.6. The van der Waals surface area contributed by atoms with Crippen molar-refractivity contribution in [3.63, 3.8) is 0 Å². The predicted octanol–water partition coefficient (Wildman–Crippen LogP) is 3.89. The molecule has 0 spiro atoms. The number of allylic oxidation sites excluding steroid dienone is 2. The molecule has 4 rings (SSSR count). The SMILES string of the molecule is CC[C@@H](C(=O)NC1CCCCC1)N(Cc1ccc(C)cc1)C(=O)CCN1C(=O)[C@H]2CC=CC[C@H]2C1=O. The van der Waals surface area contributed by atoms with Gasteiger partial charge in [-0.1, -0.05) is 68.2 Å². The van der Waals surface area contributed by atoms with Crippen molar-refractivity contribution < 1.29 is 19.2 Å². The van der Waals surface area contributed by atoms with Gasteiger partial charge >= 0.3 is 0 Å². The first-order valence-corrected chi connectivity index (χ1v) is 13.5. The number of amides is 4. The molecule has 2 aliphatic carbocycles. The molecule has 194 valence electrons. The largest absolute Gasteiger partial charge is 0.352 e. The number of benzene rings is 1. The predicted molar refractivity (Wildman–Crippen MR) is 138 cm³/mol. The fourth-order valence-electron chi connectivity index (χ4n) is 5.79. The molecule has 1 N–H and O–H groups in total. The average molecular weight is 494 g/mol. The molecule has 1 aromatic carbocycles. The summed E-state index contributed by atoms with van der Waals surface area (Å²) < 4.78 is 0. The van der Waals surface area contributed by atoms with Crippen LogP contribution in [0.4, 0.5) is 0 Å². The van der Waals surface area contributed by atoms with E-state index in [1.54, 1.807) is 4.90 Å². The first-order chi connectivity index (χ1) is 17.4. The molecule has 1 aromatic rings. The highest BCUT2D eigenvalue weighted by Crippen LogP contribution is 2.35. The molecule has 0 aromatic heterocycles. The third kappa shape index (κ3) is 5.88. The van der Waals surface area contributed by atoms with Crippen LogP contribution in [0.1, 0.15) is 75.8 Å². The Hall–Kier alpha value is -2.96. The first-order valence-electron chi connectivity index (χ1n) is 13.5. The molecule has 3 aliphatic rings. The summed E-state index contributed by atoms with van der Waals surface area (Å²) in [5.41, 5.74) is 2.07. The minimum Gasteiger partial charge on any atom is -0.352 e. The molecule has 4 amide bonds. The van der Waals surface area contributed by atoms with Crippen LogP contribution in [-0.4, -0.2) is 52.1 Å². The van der Waals surface area contributed by atoms with Crippen LogP contribution in [0.3, 0.4) is 0 Å². The number of fused-ring (bicyclic) bond motifs is 1. The van der Waals surface area contributed by atoms with Crippen LogP contribution in [0, 0.1) is 18.8 Å². The van der Waals surface area contributed by atoms with Crippen molar-refractivity contribution in [1.29, 1.82) is 0 Å². The van der Waals surface area contributed by atoms with Gasteiger partial charge in [0.25, 0.3) is 0 Å². The van der Waals surface area contributed by atoms with Crippen LogP contribution in [-0.2, 0) is 25.7 Å². The summed E-state index contributed by atoms with van der Waals surface area (Å²) in [6.07, 6.45) is 11.0. The molecule has 0 unspecified atom stereocenters. The molecule has 1 saturated carbocycles. The number of hydrogen-bond donors (Lipinski definition) is 1. The lowest BCUT2D eigenvalue weighted by atomic mass is 9.85. The molecule has 1 saturated heterocycles. The first kappa shape index (κ1) is 26.1. The van der Waals surface area contributed by atoms with Gasteiger partial charge in [-0.2, -0.15) is 0 Å². The molecule has 1 heterocycles. The third-order valence-corrected chi connectivity index (χ3v) is 7.96. The van der Waals surface area contributed by atoms with Gasteiger partial charge in [0.15, 0.2) is 0 Å². The molecular weight excluding hydrogens is 454 g/mol. The minimum atomic E-state index is -0.600. The Morgan fingerprint density at radius 2 is 1.61 bits per heavy atom. The molecule has 0 radical (unpaired) electrons. The van der Waals surface area contributed by atoms with Crippen molar-refractivity contribution in [3.05, 3.63) is 47.5 Å². The van der Waals surface area contributed by atoms with E-state index in [2.05, 4.69) is 5.32 Å². The Morgan fingerprint density at radius 3 is 2.19 bits per heavy atom. The van der Waals surface area contributed by atoms with E-state index in [0.717, 1.165) is 36.8 Å². The minimum absolute atomic E-state index is 0.0173. The quantitative estimate of drug-likeness (QED) is 0.418. The number of imide groups is 1. The van der Waals surface area contributed by atoms with Crippen LogP contribution in [0.25, 0.3) is 0 Å². The third-order valence-electron chi connectivity index (χ3n) is 7.96. The van der Waals surface area contributed by atoms with E-state index in [9.17, 15) is 19.2 Å². The molecule has 36 heavy (non-hydrogen) atoms. The highest BCUT2D eigenvalue weighted by Gasteiger charge is 2.47. The van der Waals surface area contributed by atoms with Crippen molar-refractivity contribution in [2.24, 2.45) is 11.8 Å². The van der Waals surface area contributed by atoms with E-state index in [4.69, 9.17) is 0 Å². The molecule has 7 heteroatoms. The summed E-state index contributed by atoms with van der Waals surface area (Å²) in [4.78, 5) is 55.5. The van der Waals surface area contributed by atoms with Crippen LogP contribution in [0.5, 0.6) is 0 Å². The second kappa shape index (κ2) is 11.8. The molecule has 1 aliphatic heterocycles. The van der Waals surface area contributed by atoms with Gasteiger partial charge in [0, 0.05) is 25.6 Å². The van der Waals surface area contributed by atoms with Crippen LogP contribution in [0.2, 0.25) is 0 Å². The maximum atomic E-state index is 13.6. The van der Waals surface area contributed by atoms with Gasteiger partial charge in [-0.25, -0.2) is 0 Å². The van der Waals surface area contributed by atoms with Crippen LogP contribution in [0.15, 0.2) is 36.4 Å². The Bertz CT molecular complexity index is 970. The molecule has 7 nitrogen and oxygen atoms in total. The molecule has 0 bridgehead atoms. The van der Waals surface area contributed by atoms with Gasteiger partial charge in [-0.15, -0.1) is 0 Å². The summed E-state index contributed by atoms with van der Waals surface area (Å²) in [6, 6.07) is 7.52. The number of rotatable bonds is 9. The van der Waals surface area contributed by atoms with E-state index < -0.39 is 6.04 Å². The van der Waals surface area contributed by atoms with Crippen LogP contribution < -0.4 is 5.32 Å². The summed E-state index contributed by atoms with van der Waals surface area (Å²) >= 11 is 0. The average Bonchev–Trinajstić information content (AvgIpc) is 3.13. The number of nitrogens with zero attached hydrogens (tertiary/aromatic N) is 2. The molecular formula is C29H39N3O4. The van der Waals surface area contributed by atoms with Gasteiger partial charge < -0.3 is 10.2 Å². The Balaban J connectivity index is 1.47. The van der Waals surface area contributed by atoms with E-state index in [0.29, 0.717) is 25.8 Å². The zero-order valence-corrected chi connectivity index (χ0v) is 21.6. The van der Waals surface area contributed by atoms with E-state index >= 15 is 0 Å². The summed E-state index contributed by atoms with van der Waals surface area (Å²) in [5.74, 6) is -1.27. The van der Waals surface area contributed by atoms with Crippen LogP contribution >= 0.6 is 0 Å². The van der Waals surface area contributed by atoms with Crippen molar-refractivity contribution >= 4 is 23.6 Å². The number of carbonyl (C=O) groups is 4. The van der Waals surface area contributed by atoms with Gasteiger partial charge in [-0.3, -0.25) is 24.1 Å². The lowest BCUT2D eigenvalue weighted by Crippen LogP contribution is -2.52. The van der Waals surface area contributed by atoms with Crippen molar-refractivity contribution in [2.45, 2.75) is 90.3 Å². The van der Waals surface area contributed by atoms with Crippen molar-refractivity contribution in [1.82, 2.24) is 15.1 Å². The van der Waals surface area contributed by atoms with Gasteiger partial charge in [0.1, 0.15) is 6.04 Å². The normalized spacial score (nSPS) is 22.9. The second-order valence-electron chi connectivity index (χ2n) is 10.5. The zero-order chi connectivity index (χ0) is 25.7. The van der Waals surface area contributed by atoms with E-state index in [-0.39, 0.29) is 54.5 Å². The maximum Gasteiger partial charge on any atom is 0.243 e. The van der Waals surface area contributed by atoms with E-state index in [1.807, 2.05) is 50.3 Å². The highest BCUT2D eigenvalue weighted by atomic mass is 16.2. The van der Waals surface area contributed by atoms with E-state index in [1.165, 1.54) is 11.3 Å². The lowest BCUT2D eigenvalue weighted by molar-refractivity contribution is -0.144. The fraction of sp³-hybridized carbons (Fsp3) is 0.586. The summed E-state index contributed by atoms with van der Waals surface area (Å²) in [5, 5.41) is 3.19. The van der Waals surface area contributed by atoms with Gasteiger partial charge in [0.05, 0.1) is 11.8 Å². The lowest BCUT2D eigenvalue weighted by Gasteiger charge is -2.33. The Kier molecular flexibility index (Phi) is 8.60. The number of likely N-dealkylation sites (tertiary alicyclic amines) is 1. The number of hydrogen-bond acceptors (Lipinski definition) is 4. The molecule has 2 fully saturated rings. The second-order valence-corrected chi connectivity index (χ2v) is 10.5. The highest BCUT2D eigenvalue weighted by molar-refractivity contribution is 6.05. The summed E-state index contributed by atoms with van der Waals surface area (Å²) in [7, 11) is 0. The Morgan fingerprint density at radius 1 is 1.00 bits per heavy atom. The summed E-state index contributed by atoms with van der Waals surface area (Å²) in [6.45, 7) is 4.31. The fourth-order valence-corrected chi connectivity index (χ4v) is 5.79. The van der Waals surface area contributed by atoms with Crippen molar-refractivity contribution in [2.75, 3.05) is 6.54 Å². The molecule has 3 atom stereocenters. The van der Waals surface area contributed by atoms with Gasteiger partial charge in [-0.05, 0) is 44.6 Å². The topological polar surface area (TPSA) is 86.8 Å². The number of aryl methyl sites for hydroxylation is 1. The number of carbonyl (C=O) groups excluding carboxylic acids is 4. The number of nitrogens with one attached hydrogen (secondary N) is 1.